The molecule has 4 aliphatic rings. The van der Waals surface area contributed by atoms with Crippen LogP contribution in [0.3, 0.4) is 0 Å². The van der Waals surface area contributed by atoms with Crippen LogP contribution in [0, 0.1) is 0 Å². The molecule has 0 saturated carbocycles. The van der Waals surface area contributed by atoms with Gasteiger partial charge in [0.2, 0.25) is 11.8 Å². The zero-order valence-corrected chi connectivity index (χ0v) is 25.0. The predicted molar refractivity (Wildman–Crippen MR) is 155 cm³/mol. The van der Waals surface area contributed by atoms with E-state index in [0.29, 0.717) is 12.8 Å². The highest BCUT2D eigenvalue weighted by Crippen LogP contribution is 2.20. The number of hydrogen-bond donors (Lipinski definition) is 0. The van der Waals surface area contributed by atoms with E-state index >= 15 is 0 Å². The topological polar surface area (TPSA) is 90.7 Å². The van der Waals surface area contributed by atoms with Crippen LogP contribution >= 0.6 is 0 Å². The summed E-state index contributed by atoms with van der Waals surface area (Å²) in [7, 11) is 0. The van der Waals surface area contributed by atoms with Crippen molar-refractivity contribution in [1.29, 1.82) is 0 Å². The highest BCUT2D eigenvalue weighted by molar-refractivity contribution is 5.76. The van der Waals surface area contributed by atoms with Gasteiger partial charge in [-0.15, -0.1) is 0 Å². The zero-order chi connectivity index (χ0) is 27.8. The Labute approximate surface area is 242 Å². The van der Waals surface area contributed by atoms with Crippen molar-refractivity contribution in [3.63, 3.8) is 0 Å². The lowest BCUT2D eigenvalue weighted by Crippen LogP contribution is -2.37. The molecule has 0 aromatic carbocycles. The number of epoxide rings is 4. The average Bonchev–Trinajstić information content (AvgIpc) is 3.76. The molecule has 0 bridgehead atoms. The lowest BCUT2D eigenvalue weighted by atomic mass is 10.0. The molecule has 40 heavy (non-hydrogen) atoms. The third-order valence-electron chi connectivity index (χ3n) is 8.54. The molecule has 230 valence electrons. The molecule has 4 fully saturated rings. The van der Waals surface area contributed by atoms with Crippen molar-refractivity contribution < 1.29 is 28.5 Å². The Kier molecular flexibility index (Phi) is 14.5. The maximum atomic E-state index is 12.5. The second-order valence-corrected chi connectivity index (χ2v) is 12.6. The summed E-state index contributed by atoms with van der Waals surface area (Å²) in [6.07, 6.45) is 22.7. The summed E-state index contributed by atoms with van der Waals surface area (Å²) in [4.78, 5) is 29.0. The van der Waals surface area contributed by atoms with E-state index in [-0.39, 0.29) is 36.2 Å². The van der Waals surface area contributed by atoms with Crippen LogP contribution in [0.2, 0.25) is 0 Å². The van der Waals surface area contributed by atoms with Crippen molar-refractivity contribution in [3.8, 4) is 0 Å². The standard InChI is InChI=1S/C32H56N2O6/c35-31(33(19-27-23-37-27)20-28-24-38-28)17-15-13-11-9-7-5-3-1-2-4-6-8-10-12-14-16-18-32(36)34(21-29-25-39-29)22-30-26-40-30/h27-30H,1-26H2. The molecule has 2 amide bonds. The third-order valence-corrected chi connectivity index (χ3v) is 8.54. The monoisotopic (exact) mass is 564 g/mol. The minimum absolute atomic E-state index is 0.263. The molecular formula is C32H56N2O6. The van der Waals surface area contributed by atoms with Gasteiger partial charge in [0.05, 0.1) is 50.8 Å². The summed E-state index contributed by atoms with van der Waals surface area (Å²) in [5, 5.41) is 0. The number of carbonyl (C=O) groups excluding carboxylic acids is 2. The van der Waals surface area contributed by atoms with Crippen molar-refractivity contribution in [2.45, 2.75) is 140 Å². The minimum Gasteiger partial charge on any atom is -0.371 e. The molecule has 4 saturated heterocycles. The number of rotatable bonds is 27. The van der Waals surface area contributed by atoms with Gasteiger partial charge in [-0.3, -0.25) is 9.59 Å². The second-order valence-electron chi connectivity index (χ2n) is 12.6. The lowest BCUT2D eigenvalue weighted by molar-refractivity contribution is -0.132. The average molecular weight is 565 g/mol. The fourth-order valence-electron chi connectivity index (χ4n) is 5.58. The van der Waals surface area contributed by atoms with Gasteiger partial charge in [-0.05, 0) is 12.8 Å². The first-order valence-corrected chi connectivity index (χ1v) is 16.7. The number of amides is 2. The van der Waals surface area contributed by atoms with Gasteiger partial charge in [-0.2, -0.15) is 0 Å². The molecule has 8 heteroatoms. The van der Waals surface area contributed by atoms with Gasteiger partial charge in [-0.1, -0.05) is 89.9 Å². The number of ether oxygens (including phenoxy) is 4. The zero-order valence-electron chi connectivity index (χ0n) is 25.0. The molecule has 0 aromatic rings. The number of nitrogens with zero attached hydrogens (tertiary/aromatic N) is 2. The van der Waals surface area contributed by atoms with Crippen LogP contribution in [0.5, 0.6) is 0 Å². The first-order chi connectivity index (χ1) is 19.7. The Morgan fingerprint density at radius 3 is 0.800 bits per heavy atom. The van der Waals surface area contributed by atoms with Crippen molar-refractivity contribution in [2.75, 3.05) is 52.6 Å². The highest BCUT2D eigenvalue weighted by atomic mass is 16.6. The molecule has 0 radical (unpaired) electrons. The summed E-state index contributed by atoms with van der Waals surface area (Å²) < 4.78 is 21.2. The van der Waals surface area contributed by atoms with E-state index < -0.39 is 0 Å². The summed E-state index contributed by atoms with van der Waals surface area (Å²) in [5.41, 5.74) is 0. The van der Waals surface area contributed by atoms with E-state index in [1.807, 2.05) is 9.80 Å². The van der Waals surface area contributed by atoms with E-state index in [9.17, 15) is 9.59 Å². The van der Waals surface area contributed by atoms with E-state index in [2.05, 4.69) is 0 Å². The molecule has 4 atom stereocenters. The summed E-state index contributed by atoms with van der Waals surface area (Å²) >= 11 is 0. The van der Waals surface area contributed by atoms with Gasteiger partial charge in [0, 0.05) is 39.0 Å². The fourth-order valence-corrected chi connectivity index (χ4v) is 5.58. The normalized spacial score (nSPS) is 24.1. The molecule has 8 nitrogen and oxygen atoms in total. The third kappa shape index (κ3) is 15.1. The van der Waals surface area contributed by atoms with Crippen LogP contribution in [-0.2, 0) is 28.5 Å². The van der Waals surface area contributed by atoms with E-state index in [1.165, 1.54) is 89.9 Å². The second kappa shape index (κ2) is 18.3. The van der Waals surface area contributed by atoms with E-state index in [1.54, 1.807) is 0 Å². The van der Waals surface area contributed by atoms with Crippen LogP contribution in [0.1, 0.15) is 116 Å². The van der Waals surface area contributed by atoms with Crippen molar-refractivity contribution in [1.82, 2.24) is 9.80 Å². The molecule has 4 unspecified atom stereocenters. The number of hydrogen-bond acceptors (Lipinski definition) is 6. The van der Waals surface area contributed by atoms with E-state index in [4.69, 9.17) is 18.9 Å². The molecule has 0 spiro atoms. The smallest absolute Gasteiger partial charge is 0.222 e. The first-order valence-electron chi connectivity index (χ1n) is 16.7. The Morgan fingerprint density at radius 1 is 0.400 bits per heavy atom. The van der Waals surface area contributed by atoms with E-state index in [0.717, 1.165) is 65.4 Å². The Morgan fingerprint density at radius 2 is 0.600 bits per heavy atom. The van der Waals surface area contributed by atoms with Crippen LogP contribution in [-0.4, -0.2) is 98.6 Å². The van der Waals surface area contributed by atoms with Crippen molar-refractivity contribution in [2.24, 2.45) is 0 Å². The summed E-state index contributed by atoms with van der Waals surface area (Å²) in [6.45, 7) is 6.18. The maximum absolute atomic E-state index is 12.5. The van der Waals surface area contributed by atoms with Gasteiger partial charge in [-0.25, -0.2) is 0 Å². The Balaban J connectivity index is 0.845. The predicted octanol–water partition coefficient (Wildman–Crippen LogP) is 5.26. The van der Waals surface area contributed by atoms with Gasteiger partial charge in [0.25, 0.3) is 0 Å². The number of carbonyl (C=O) groups is 2. The molecule has 0 N–H and O–H groups in total. The quantitative estimate of drug-likeness (QED) is 0.0999. The van der Waals surface area contributed by atoms with Crippen LogP contribution in [0.15, 0.2) is 0 Å². The summed E-state index contributed by atoms with van der Waals surface area (Å²) in [5.74, 6) is 0.555. The van der Waals surface area contributed by atoms with Crippen molar-refractivity contribution in [3.05, 3.63) is 0 Å². The van der Waals surface area contributed by atoms with Crippen LogP contribution in [0.4, 0.5) is 0 Å². The summed E-state index contributed by atoms with van der Waals surface area (Å²) in [6, 6.07) is 0. The Hall–Kier alpha value is -1.22. The largest absolute Gasteiger partial charge is 0.371 e. The van der Waals surface area contributed by atoms with Gasteiger partial charge < -0.3 is 28.7 Å². The molecular weight excluding hydrogens is 508 g/mol. The molecule has 4 aliphatic heterocycles. The van der Waals surface area contributed by atoms with Gasteiger partial charge in [0.15, 0.2) is 0 Å². The SMILES string of the molecule is O=C(CCCCCCCCCCCCCCCCCCC(=O)N(CC1CO1)CC1CO1)N(CC1CO1)CC1CO1. The van der Waals surface area contributed by atoms with Gasteiger partial charge >= 0.3 is 0 Å². The maximum Gasteiger partial charge on any atom is 0.222 e. The number of unbranched alkanes of at least 4 members (excludes halogenated alkanes) is 15. The van der Waals surface area contributed by atoms with Gasteiger partial charge in [0.1, 0.15) is 0 Å². The minimum atomic E-state index is 0.263. The lowest BCUT2D eigenvalue weighted by Gasteiger charge is -2.21. The van der Waals surface area contributed by atoms with Crippen LogP contribution < -0.4 is 0 Å². The van der Waals surface area contributed by atoms with Crippen molar-refractivity contribution >= 4 is 11.8 Å². The molecule has 4 rings (SSSR count). The molecule has 0 aromatic heterocycles. The molecule has 0 aliphatic carbocycles. The molecule has 4 heterocycles. The Bertz CT molecular complexity index is 632. The first kappa shape index (κ1) is 31.7. The van der Waals surface area contributed by atoms with Crippen LogP contribution in [0.25, 0.3) is 0 Å². The fraction of sp³-hybridized carbons (Fsp3) is 0.938. The highest BCUT2D eigenvalue weighted by Gasteiger charge is 2.33.